The lowest BCUT2D eigenvalue weighted by Gasteiger charge is -2.07. The van der Waals surface area contributed by atoms with Gasteiger partial charge in [-0.25, -0.2) is 4.98 Å². The molecular formula is C12H11BrN2O. The van der Waals surface area contributed by atoms with Gasteiger partial charge in [-0.3, -0.25) is 0 Å². The summed E-state index contributed by atoms with van der Waals surface area (Å²) in [5.74, 6) is 1.28. The Hall–Kier alpha value is -1.55. The van der Waals surface area contributed by atoms with Gasteiger partial charge in [0.15, 0.2) is 0 Å². The van der Waals surface area contributed by atoms with Gasteiger partial charge in [0.25, 0.3) is 0 Å². The first kappa shape index (κ1) is 11.0. The van der Waals surface area contributed by atoms with Crippen molar-refractivity contribution in [3.63, 3.8) is 0 Å². The normalized spacial score (nSPS) is 10.1. The van der Waals surface area contributed by atoms with Crippen LogP contribution in [0, 0.1) is 6.92 Å². The molecule has 1 aromatic carbocycles. The van der Waals surface area contributed by atoms with Crippen molar-refractivity contribution in [2.75, 3.05) is 5.73 Å². The minimum atomic E-state index is 0.540. The number of halogens is 1. The lowest BCUT2D eigenvalue weighted by atomic mass is 10.2. The molecule has 0 spiro atoms. The topological polar surface area (TPSA) is 48.1 Å². The van der Waals surface area contributed by atoms with Crippen LogP contribution in [-0.4, -0.2) is 4.98 Å². The third kappa shape index (κ3) is 2.33. The zero-order valence-corrected chi connectivity index (χ0v) is 10.4. The van der Waals surface area contributed by atoms with Gasteiger partial charge in [0, 0.05) is 6.07 Å². The fraction of sp³-hybridized carbons (Fsp3) is 0.0833. The van der Waals surface area contributed by atoms with Crippen molar-refractivity contribution < 1.29 is 4.74 Å². The van der Waals surface area contributed by atoms with Crippen LogP contribution in [0.1, 0.15) is 5.56 Å². The van der Waals surface area contributed by atoms with Gasteiger partial charge in [0.1, 0.15) is 5.75 Å². The van der Waals surface area contributed by atoms with Gasteiger partial charge >= 0.3 is 0 Å². The third-order valence-corrected chi connectivity index (χ3v) is 2.83. The highest BCUT2D eigenvalue weighted by atomic mass is 79.9. The Morgan fingerprint density at radius 3 is 2.75 bits per heavy atom. The maximum atomic E-state index is 5.68. The molecular weight excluding hydrogens is 268 g/mol. The number of ether oxygens (including phenoxy) is 1. The molecule has 0 saturated carbocycles. The van der Waals surface area contributed by atoms with Crippen molar-refractivity contribution in [1.29, 1.82) is 0 Å². The van der Waals surface area contributed by atoms with E-state index >= 15 is 0 Å². The van der Waals surface area contributed by atoms with E-state index in [0.717, 1.165) is 15.8 Å². The number of benzene rings is 1. The van der Waals surface area contributed by atoms with Crippen LogP contribution in [0.3, 0.4) is 0 Å². The number of para-hydroxylation sites is 1. The quantitative estimate of drug-likeness (QED) is 0.914. The minimum absolute atomic E-state index is 0.540. The lowest BCUT2D eigenvalue weighted by molar-refractivity contribution is 0.460. The molecule has 4 heteroatoms. The Kier molecular flexibility index (Phi) is 3.10. The second-order valence-corrected chi connectivity index (χ2v) is 4.27. The van der Waals surface area contributed by atoms with Crippen LogP contribution < -0.4 is 10.5 Å². The number of hydrogen-bond acceptors (Lipinski definition) is 3. The van der Waals surface area contributed by atoms with Gasteiger partial charge in [-0.05, 0) is 40.5 Å². The molecule has 0 radical (unpaired) electrons. The van der Waals surface area contributed by atoms with E-state index in [1.807, 2.05) is 37.3 Å². The molecule has 0 saturated heterocycles. The molecule has 1 aromatic heterocycles. The maximum Gasteiger partial charge on any atom is 0.219 e. The first-order valence-electron chi connectivity index (χ1n) is 4.81. The smallest absolute Gasteiger partial charge is 0.219 e. The average molecular weight is 279 g/mol. The zero-order valence-electron chi connectivity index (χ0n) is 8.77. The summed E-state index contributed by atoms with van der Waals surface area (Å²) in [4.78, 5) is 4.11. The van der Waals surface area contributed by atoms with Gasteiger partial charge < -0.3 is 10.5 Å². The summed E-state index contributed by atoms with van der Waals surface area (Å²) in [5, 5.41) is 0. The zero-order chi connectivity index (χ0) is 11.5. The van der Waals surface area contributed by atoms with E-state index < -0.39 is 0 Å². The van der Waals surface area contributed by atoms with E-state index in [-0.39, 0.29) is 0 Å². The molecule has 0 aliphatic rings. The van der Waals surface area contributed by atoms with Crippen LogP contribution in [0.25, 0.3) is 0 Å². The summed E-state index contributed by atoms with van der Waals surface area (Å²) in [5.41, 5.74) is 7.31. The molecule has 2 N–H and O–H groups in total. The number of rotatable bonds is 2. The molecule has 1 heterocycles. The fourth-order valence-corrected chi connectivity index (χ4v) is 1.60. The molecule has 0 unspecified atom stereocenters. The van der Waals surface area contributed by atoms with E-state index in [0.29, 0.717) is 11.6 Å². The molecule has 3 nitrogen and oxygen atoms in total. The Balaban J connectivity index is 2.28. The van der Waals surface area contributed by atoms with Crippen LogP contribution in [0.5, 0.6) is 11.6 Å². The fourth-order valence-electron chi connectivity index (χ4n) is 1.24. The molecule has 0 fully saturated rings. The second kappa shape index (κ2) is 4.53. The van der Waals surface area contributed by atoms with Crippen molar-refractivity contribution >= 4 is 21.6 Å². The molecule has 2 aromatic rings. The number of anilines is 1. The Morgan fingerprint density at radius 2 is 2.06 bits per heavy atom. The van der Waals surface area contributed by atoms with E-state index in [1.165, 1.54) is 0 Å². The van der Waals surface area contributed by atoms with Gasteiger partial charge in [0.05, 0.1) is 16.4 Å². The van der Waals surface area contributed by atoms with E-state index in [9.17, 15) is 0 Å². The molecule has 0 atom stereocenters. The standard InChI is InChI=1S/C12H11BrN2O/c1-8-6-12(15-7-10(8)14)16-11-5-3-2-4-9(11)13/h2-7H,14H2,1H3. The molecule has 0 bridgehead atoms. The predicted octanol–water partition coefficient (Wildman–Crippen LogP) is 3.53. The summed E-state index contributed by atoms with van der Waals surface area (Å²) >= 11 is 3.41. The van der Waals surface area contributed by atoms with Crippen molar-refractivity contribution in [3.8, 4) is 11.6 Å². The highest BCUT2D eigenvalue weighted by molar-refractivity contribution is 9.10. The average Bonchev–Trinajstić information content (AvgIpc) is 2.27. The Morgan fingerprint density at radius 1 is 1.31 bits per heavy atom. The van der Waals surface area contributed by atoms with Gasteiger partial charge in [0.2, 0.25) is 5.88 Å². The van der Waals surface area contributed by atoms with Crippen LogP contribution in [0.2, 0.25) is 0 Å². The first-order valence-corrected chi connectivity index (χ1v) is 5.60. The molecule has 82 valence electrons. The van der Waals surface area contributed by atoms with Crippen LogP contribution in [0.4, 0.5) is 5.69 Å². The summed E-state index contributed by atoms with van der Waals surface area (Å²) < 4.78 is 6.53. The van der Waals surface area contributed by atoms with Crippen molar-refractivity contribution in [2.45, 2.75) is 6.92 Å². The summed E-state index contributed by atoms with van der Waals surface area (Å²) in [6.45, 7) is 1.92. The number of aromatic nitrogens is 1. The van der Waals surface area contributed by atoms with Crippen LogP contribution in [-0.2, 0) is 0 Å². The number of pyridine rings is 1. The summed E-state index contributed by atoms with van der Waals surface area (Å²) in [6.07, 6.45) is 1.60. The number of hydrogen-bond donors (Lipinski definition) is 1. The molecule has 2 rings (SSSR count). The number of nitrogens with zero attached hydrogens (tertiary/aromatic N) is 1. The molecule has 0 amide bonds. The second-order valence-electron chi connectivity index (χ2n) is 3.41. The third-order valence-electron chi connectivity index (χ3n) is 2.18. The Labute approximate surface area is 102 Å². The van der Waals surface area contributed by atoms with Crippen LogP contribution >= 0.6 is 15.9 Å². The number of nitrogens with two attached hydrogens (primary N) is 1. The van der Waals surface area contributed by atoms with Gasteiger partial charge in [-0.15, -0.1) is 0 Å². The van der Waals surface area contributed by atoms with E-state index in [4.69, 9.17) is 10.5 Å². The SMILES string of the molecule is Cc1cc(Oc2ccccc2Br)ncc1N. The maximum absolute atomic E-state index is 5.68. The van der Waals surface area contributed by atoms with Crippen molar-refractivity contribution in [3.05, 3.63) is 46.6 Å². The number of aryl methyl sites for hydroxylation is 1. The van der Waals surface area contributed by atoms with Crippen molar-refractivity contribution in [2.24, 2.45) is 0 Å². The van der Waals surface area contributed by atoms with Gasteiger partial charge in [-0.1, -0.05) is 12.1 Å². The largest absolute Gasteiger partial charge is 0.438 e. The Bertz CT molecular complexity index is 514. The predicted molar refractivity (Wildman–Crippen MR) is 67.6 cm³/mol. The first-order chi connectivity index (χ1) is 7.66. The molecule has 16 heavy (non-hydrogen) atoms. The highest BCUT2D eigenvalue weighted by Gasteiger charge is 2.03. The molecule has 0 aliphatic carbocycles. The highest BCUT2D eigenvalue weighted by Crippen LogP contribution is 2.28. The minimum Gasteiger partial charge on any atom is -0.438 e. The van der Waals surface area contributed by atoms with Crippen molar-refractivity contribution in [1.82, 2.24) is 4.98 Å². The van der Waals surface area contributed by atoms with Crippen LogP contribution in [0.15, 0.2) is 41.0 Å². The van der Waals surface area contributed by atoms with E-state index in [2.05, 4.69) is 20.9 Å². The lowest BCUT2D eigenvalue weighted by Crippen LogP contribution is -1.94. The number of nitrogen functional groups attached to an aromatic ring is 1. The molecule has 0 aliphatic heterocycles. The summed E-state index contributed by atoms with van der Waals surface area (Å²) in [7, 11) is 0. The monoisotopic (exact) mass is 278 g/mol. The summed E-state index contributed by atoms with van der Waals surface area (Å²) in [6, 6.07) is 9.44. The van der Waals surface area contributed by atoms with E-state index in [1.54, 1.807) is 6.20 Å². The van der Waals surface area contributed by atoms with Gasteiger partial charge in [-0.2, -0.15) is 0 Å².